The average Bonchev–Trinajstić information content (AvgIpc) is 2.36. The van der Waals surface area contributed by atoms with Crippen molar-refractivity contribution in [1.29, 1.82) is 0 Å². The predicted molar refractivity (Wildman–Crippen MR) is 85.0 cm³/mol. The Morgan fingerprint density at radius 1 is 1.30 bits per heavy atom. The summed E-state index contributed by atoms with van der Waals surface area (Å²) in [5.41, 5.74) is 0. The lowest BCUT2D eigenvalue weighted by atomic mass is 9.92. The standard InChI is InChI=1S/C16H24BrNO2/c1-12-7-13(2)9-18(8-12)10-14(19)11-20-16-6-4-3-5-15(16)17/h3-6,12-14,19H,7-11H2,1-2H3/t12-,13+,14-/m0/s1. The van der Waals surface area contributed by atoms with E-state index in [2.05, 4.69) is 34.7 Å². The molecule has 0 aliphatic carbocycles. The number of hydrogen-bond donors (Lipinski definition) is 1. The number of β-amino-alcohol motifs (C(OH)–C–C–N with tert-alkyl or cyclic N) is 1. The molecule has 0 aromatic heterocycles. The molecule has 2 rings (SSSR count). The third-order valence-corrected chi connectivity index (χ3v) is 4.34. The number of halogens is 1. The van der Waals surface area contributed by atoms with Gasteiger partial charge in [0.25, 0.3) is 0 Å². The van der Waals surface area contributed by atoms with E-state index in [9.17, 15) is 5.11 Å². The zero-order valence-electron chi connectivity index (χ0n) is 12.3. The van der Waals surface area contributed by atoms with Crippen LogP contribution in [0.2, 0.25) is 0 Å². The molecule has 1 aliphatic rings. The van der Waals surface area contributed by atoms with Crippen LogP contribution in [0, 0.1) is 11.8 Å². The summed E-state index contributed by atoms with van der Waals surface area (Å²) >= 11 is 3.44. The second-order valence-corrected chi connectivity index (χ2v) is 6.91. The van der Waals surface area contributed by atoms with Gasteiger partial charge in [0.1, 0.15) is 18.5 Å². The molecule has 20 heavy (non-hydrogen) atoms. The third kappa shape index (κ3) is 4.76. The fourth-order valence-electron chi connectivity index (χ4n) is 3.04. The van der Waals surface area contributed by atoms with Crippen LogP contribution in [0.4, 0.5) is 0 Å². The summed E-state index contributed by atoms with van der Waals surface area (Å²) < 4.78 is 6.59. The van der Waals surface area contributed by atoms with Crippen LogP contribution in [0.3, 0.4) is 0 Å². The first-order valence-corrected chi connectivity index (χ1v) is 8.11. The molecule has 112 valence electrons. The first-order valence-electron chi connectivity index (χ1n) is 7.32. The molecule has 0 spiro atoms. The molecule has 0 amide bonds. The molecule has 0 saturated carbocycles. The maximum atomic E-state index is 10.1. The minimum atomic E-state index is -0.445. The van der Waals surface area contributed by atoms with Gasteiger partial charge < -0.3 is 14.7 Å². The molecule has 3 atom stereocenters. The van der Waals surface area contributed by atoms with Crippen LogP contribution in [0.5, 0.6) is 5.75 Å². The molecular formula is C16H24BrNO2. The second kappa shape index (κ2) is 7.43. The summed E-state index contributed by atoms with van der Waals surface area (Å²) in [5, 5.41) is 10.1. The molecule has 1 aliphatic heterocycles. The summed E-state index contributed by atoms with van der Waals surface area (Å²) in [7, 11) is 0. The van der Waals surface area contributed by atoms with Crippen molar-refractivity contribution in [3.63, 3.8) is 0 Å². The zero-order chi connectivity index (χ0) is 14.5. The molecule has 0 bridgehead atoms. The molecule has 0 radical (unpaired) electrons. The van der Waals surface area contributed by atoms with Gasteiger partial charge in [-0.15, -0.1) is 0 Å². The summed E-state index contributed by atoms with van der Waals surface area (Å²) in [6, 6.07) is 7.72. The monoisotopic (exact) mass is 341 g/mol. The molecular weight excluding hydrogens is 318 g/mol. The second-order valence-electron chi connectivity index (χ2n) is 6.06. The maximum absolute atomic E-state index is 10.1. The number of ether oxygens (including phenoxy) is 1. The van der Waals surface area contributed by atoms with E-state index in [0.29, 0.717) is 13.2 Å². The maximum Gasteiger partial charge on any atom is 0.133 e. The number of piperidine rings is 1. The van der Waals surface area contributed by atoms with E-state index in [0.717, 1.165) is 35.1 Å². The number of rotatable bonds is 5. The Morgan fingerprint density at radius 3 is 2.60 bits per heavy atom. The fraction of sp³-hybridized carbons (Fsp3) is 0.625. The number of aliphatic hydroxyl groups excluding tert-OH is 1. The van der Waals surface area contributed by atoms with Crippen LogP contribution in [0.1, 0.15) is 20.3 Å². The topological polar surface area (TPSA) is 32.7 Å². The molecule has 0 unspecified atom stereocenters. The van der Waals surface area contributed by atoms with E-state index >= 15 is 0 Å². The third-order valence-electron chi connectivity index (χ3n) is 3.68. The smallest absolute Gasteiger partial charge is 0.133 e. The van der Waals surface area contributed by atoms with Crippen molar-refractivity contribution in [1.82, 2.24) is 4.90 Å². The van der Waals surface area contributed by atoms with Crippen molar-refractivity contribution in [3.8, 4) is 5.75 Å². The van der Waals surface area contributed by atoms with Crippen LogP contribution in [0.15, 0.2) is 28.7 Å². The average molecular weight is 342 g/mol. The van der Waals surface area contributed by atoms with Crippen molar-refractivity contribution < 1.29 is 9.84 Å². The summed E-state index contributed by atoms with van der Waals surface area (Å²) in [6.07, 6.45) is 0.847. The molecule has 1 aromatic rings. The Hall–Kier alpha value is -0.580. The van der Waals surface area contributed by atoms with Gasteiger partial charge in [0.2, 0.25) is 0 Å². The molecule has 1 fully saturated rings. The highest BCUT2D eigenvalue weighted by atomic mass is 79.9. The molecule has 1 saturated heterocycles. The summed E-state index contributed by atoms with van der Waals surface area (Å²) in [5.74, 6) is 2.22. The number of likely N-dealkylation sites (tertiary alicyclic amines) is 1. The van der Waals surface area contributed by atoms with Gasteiger partial charge in [-0.05, 0) is 46.3 Å². The Bertz CT molecular complexity index is 417. The van der Waals surface area contributed by atoms with Gasteiger partial charge in [0.15, 0.2) is 0 Å². The van der Waals surface area contributed by atoms with Gasteiger partial charge in [0.05, 0.1) is 4.47 Å². The number of para-hydroxylation sites is 1. The lowest BCUT2D eigenvalue weighted by Crippen LogP contribution is -2.44. The van der Waals surface area contributed by atoms with E-state index in [4.69, 9.17) is 4.74 Å². The van der Waals surface area contributed by atoms with E-state index in [1.54, 1.807) is 0 Å². The molecule has 1 aromatic carbocycles. The fourth-order valence-corrected chi connectivity index (χ4v) is 3.44. The van der Waals surface area contributed by atoms with Crippen molar-refractivity contribution in [2.24, 2.45) is 11.8 Å². The Morgan fingerprint density at radius 2 is 1.95 bits per heavy atom. The van der Waals surface area contributed by atoms with E-state index in [1.807, 2.05) is 24.3 Å². The highest BCUT2D eigenvalue weighted by Gasteiger charge is 2.23. The van der Waals surface area contributed by atoms with Gasteiger partial charge >= 0.3 is 0 Å². The molecule has 3 nitrogen and oxygen atoms in total. The van der Waals surface area contributed by atoms with Gasteiger partial charge in [-0.1, -0.05) is 26.0 Å². The van der Waals surface area contributed by atoms with Crippen molar-refractivity contribution in [3.05, 3.63) is 28.7 Å². The summed E-state index contributed by atoms with van der Waals surface area (Å²) in [4.78, 5) is 2.35. The Balaban J connectivity index is 1.78. The Kier molecular flexibility index (Phi) is 5.87. The quantitative estimate of drug-likeness (QED) is 0.892. The van der Waals surface area contributed by atoms with E-state index in [1.165, 1.54) is 6.42 Å². The lowest BCUT2D eigenvalue weighted by molar-refractivity contribution is 0.0427. The van der Waals surface area contributed by atoms with Crippen molar-refractivity contribution in [2.45, 2.75) is 26.4 Å². The number of hydrogen-bond acceptors (Lipinski definition) is 3. The van der Waals surface area contributed by atoms with Crippen LogP contribution >= 0.6 is 15.9 Å². The molecule has 1 N–H and O–H groups in total. The van der Waals surface area contributed by atoms with E-state index in [-0.39, 0.29) is 0 Å². The van der Waals surface area contributed by atoms with Crippen molar-refractivity contribution in [2.75, 3.05) is 26.2 Å². The van der Waals surface area contributed by atoms with Crippen LogP contribution in [-0.2, 0) is 0 Å². The van der Waals surface area contributed by atoms with Crippen LogP contribution in [-0.4, -0.2) is 42.4 Å². The first kappa shape index (κ1) is 15.8. The van der Waals surface area contributed by atoms with Gasteiger partial charge in [-0.25, -0.2) is 0 Å². The number of nitrogens with zero attached hydrogens (tertiary/aromatic N) is 1. The zero-order valence-corrected chi connectivity index (χ0v) is 13.8. The van der Waals surface area contributed by atoms with E-state index < -0.39 is 6.10 Å². The largest absolute Gasteiger partial charge is 0.490 e. The SMILES string of the molecule is C[C@@H]1C[C@H](C)CN(C[C@H](O)COc2ccccc2Br)C1. The lowest BCUT2D eigenvalue weighted by Gasteiger charge is -2.35. The molecule has 1 heterocycles. The predicted octanol–water partition coefficient (Wildman–Crippen LogP) is 3.17. The van der Waals surface area contributed by atoms with Crippen LogP contribution in [0.25, 0.3) is 0 Å². The molecule has 4 heteroatoms. The van der Waals surface area contributed by atoms with Gasteiger partial charge in [-0.3, -0.25) is 0 Å². The number of aliphatic hydroxyl groups is 1. The van der Waals surface area contributed by atoms with Gasteiger partial charge in [0, 0.05) is 19.6 Å². The normalized spacial score (nSPS) is 25.4. The highest BCUT2D eigenvalue weighted by molar-refractivity contribution is 9.10. The number of benzene rings is 1. The minimum Gasteiger partial charge on any atom is -0.490 e. The van der Waals surface area contributed by atoms with Crippen LogP contribution < -0.4 is 4.74 Å². The summed E-state index contributed by atoms with van der Waals surface area (Å²) in [6.45, 7) is 7.76. The van der Waals surface area contributed by atoms with Gasteiger partial charge in [-0.2, -0.15) is 0 Å². The van der Waals surface area contributed by atoms with Crippen molar-refractivity contribution >= 4 is 15.9 Å². The first-order chi connectivity index (χ1) is 9.54. The highest BCUT2D eigenvalue weighted by Crippen LogP contribution is 2.24. The Labute approximate surface area is 130 Å². The minimum absolute atomic E-state index is 0.335.